The van der Waals surface area contributed by atoms with E-state index in [0.717, 1.165) is 4.90 Å². The minimum absolute atomic E-state index is 0.494. The van der Waals surface area contributed by atoms with E-state index in [1.165, 1.54) is 20.8 Å². The first-order chi connectivity index (χ1) is 8.15. The number of carboxylic acid groups (broad SMARTS) is 1. The number of nitrogens with zero attached hydrogens (tertiary/aromatic N) is 1. The molecule has 1 heterocycles. The van der Waals surface area contributed by atoms with Gasteiger partial charge in [-0.1, -0.05) is 0 Å². The van der Waals surface area contributed by atoms with E-state index in [4.69, 9.17) is 5.11 Å². The van der Waals surface area contributed by atoms with E-state index in [1.54, 1.807) is 0 Å². The van der Waals surface area contributed by atoms with Gasteiger partial charge >= 0.3 is 12.0 Å². The minimum atomic E-state index is -1.19. The average molecular weight is 257 g/mol. The van der Waals surface area contributed by atoms with Gasteiger partial charge in [0.05, 0.1) is 0 Å². The van der Waals surface area contributed by atoms with Crippen LogP contribution in [0.5, 0.6) is 0 Å². The van der Waals surface area contributed by atoms with E-state index >= 15 is 0 Å². The lowest BCUT2D eigenvalue weighted by atomic mass is 10.1. The molecule has 0 aromatic carbocycles. The number of urea groups is 1. The molecule has 0 bridgehead atoms. The summed E-state index contributed by atoms with van der Waals surface area (Å²) in [4.78, 5) is 45.9. The Morgan fingerprint density at radius 2 is 2.00 bits per heavy atom. The molecule has 0 aromatic heterocycles. The second kappa shape index (κ2) is 4.63. The van der Waals surface area contributed by atoms with Crippen LogP contribution in [0.3, 0.4) is 0 Å². The zero-order valence-electron chi connectivity index (χ0n) is 10.3. The van der Waals surface area contributed by atoms with Crippen LogP contribution >= 0.6 is 0 Å². The Hall–Kier alpha value is -2.12. The molecule has 4 amide bonds. The third-order valence-corrected chi connectivity index (χ3v) is 2.49. The first-order valence-electron chi connectivity index (χ1n) is 5.31. The summed E-state index contributed by atoms with van der Waals surface area (Å²) in [5, 5.41) is 13.2. The number of carbonyl (C=O) groups excluding carboxylic acids is 3. The van der Waals surface area contributed by atoms with Gasteiger partial charge < -0.3 is 15.7 Å². The monoisotopic (exact) mass is 257 g/mol. The fourth-order valence-corrected chi connectivity index (χ4v) is 1.45. The molecule has 3 N–H and O–H groups in total. The minimum Gasteiger partial charge on any atom is -0.480 e. The number of amides is 4. The fraction of sp³-hybridized carbons (Fsp3) is 0.600. The van der Waals surface area contributed by atoms with Crippen molar-refractivity contribution in [2.24, 2.45) is 0 Å². The summed E-state index contributed by atoms with van der Waals surface area (Å²) in [6, 6.07) is -1.74. The number of imide groups is 1. The van der Waals surface area contributed by atoms with Gasteiger partial charge in [-0.15, -0.1) is 0 Å². The molecule has 1 rings (SSSR count). The summed E-state index contributed by atoms with van der Waals surface area (Å²) in [6.07, 6.45) is 0. The largest absolute Gasteiger partial charge is 0.480 e. The Labute approximate surface area is 103 Å². The van der Waals surface area contributed by atoms with Crippen LogP contribution in [0.25, 0.3) is 0 Å². The summed E-state index contributed by atoms with van der Waals surface area (Å²) < 4.78 is 0. The molecular formula is C10H15N3O5. The summed E-state index contributed by atoms with van der Waals surface area (Å²) >= 11 is 0. The second-order valence-corrected chi connectivity index (χ2v) is 4.57. The Morgan fingerprint density at radius 3 is 2.39 bits per heavy atom. The standard InChI is InChI=1S/C10H15N3O5/c1-5(7(15)16)11-6(14)4-13-8(17)10(2,3)12-9(13)18/h5H,4H2,1-3H3,(H,11,14)(H,12,18)(H,15,16)/t5-/m0/s1. The number of aliphatic carboxylic acids is 1. The maximum Gasteiger partial charge on any atom is 0.325 e. The lowest BCUT2D eigenvalue weighted by Crippen LogP contribution is -2.46. The van der Waals surface area contributed by atoms with E-state index in [-0.39, 0.29) is 0 Å². The normalized spacial score (nSPS) is 19.4. The van der Waals surface area contributed by atoms with Crippen molar-refractivity contribution in [2.75, 3.05) is 6.54 Å². The first kappa shape index (κ1) is 13.9. The maximum absolute atomic E-state index is 11.7. The van der Waals surface area contributed by atoms with Gasteiger partial charge in [0.25, 0.3) is 5.91 Å². The number of hydrogen-bond donors (Lipinski definition) is 3. The van der Waals surface area contributed by atoms with E-state index in [2.05, 4.69) is 10.6 Å². The number of carboxylic acids is 1. The Kier molecular flexibility index (Phi) is 3.59. The van der Waals surface area contributed by atoms with Crippen molar-refractivity contribution < 1.29 is 24.3 Å². The molecule has 1 saturated heterocycles. The van der Waals surface area contributed by atoms with Gasteiger partial charge in [-0.3, -0.25) is 19.3 Å². The van der Waals surface area contributed by atoms with Crippen LogP contribution in [0.4, 0.5) is 4.79 Å². The van der Waals surface area contributed by atoms with E-state index in [0.29, 0.717) is 0 Å². The van der Waals surface area contributed by atoms with Crippen molar-refractivity contribution in [3.8, 4) is 0 Å². The fourth-order valence-electron chi connectivity index (χ4n) is 1.45. The Morgan fingerprint density at radius 1 is 1.44 bits per heavy atom. The number of hydrogen-bond acceptors (Lipinski definition) is 4. The molecule has 1 aliphatic heterocycles. The lowest BCUT2D eigenvalue weighted by molar-refractivity contribution is -0.141. The van der Waals surface area contributed by atoms with Gasteiger partial charge in [-0.05, 0) is 20.8 Å². The van der Waals surface area contributed by atoms with Gasteiger partial charge in [-0.25, -0.2) is 4.79 Å². The predicted molar refractivity (Wildman–Crippen MR) is 59.6 cm³/mol. The predicted octanol–water partition coefficient (Wildman–Crippen LogP) is -1.09. The van der Waals surface area contributed by atoms with Crippen molar-refractivity contribution in [3.05, 3.63) is 0 Å². The molecule has 1 atom stereocenters. The summed E-state index contributed by atoms with van der Waals surface area (Å²) in [5.74, 6) is -2.42. The summed E-state index contributed by atoms with van der Waals surface area (Å²) in [5.41, 5.74) is -1.05. The van der Waals surface area contributed by atoms with Crippen molar-refractivity contribution >= 4 is 23.8 Å². The van der Waals surface area contributed by atoms with Gasteiger partial charge in [-0.2, -0.15) is 0 Å². The molecule has 8 nitrogen and oxygen atoms in total. The molecule has 0 aliphatic carbocycles. The lowest BCUT2D eigenvalue weighted by Gasteiger charge is -2.16. The van der Waals surface area contributed by atoms with Crippen molar-refractivity contribution in [3.63, 3.8) is 0 Å². The molecule has 0 unspecified atom stereocenters. The van der Waals surface area contributed by atoms with E-state index < -0.39 is 41.9 Å². The molecule has 18 heavy (non-hydrogen) atoms. The molecule has 1 aliphatic rings. The number of nitrogens with one attached hydrogen (secondary N) is 2. The molecule has 100 valence electrons. The first-order valence-corrected chi connectivity index (χ1v) is 5.31. The highest BCUT2D eigenvalue weighted by Gasteiger charge is 2.44. The van der Waals surface area contributed by atoms with Gasteiger partial charge in [0.1, 0.15) is 18.1 Å². The zero-order valence-corrected chi connectivity index (χ0v) is 10.3. The topological polar surface area (TPSA) is 116 Å². The van der Waals surface area contributed by atoms with Crippen LogP contribution in [0.1, 0.15) is 20.8 Å². The zero-order chi connectivity index (χ0) is 14.1. The third-order valence-electron chi connectivity index (χ3n) is 2.49. The quantitative estimate of drug-likeness (QED) is 0.553. The van der Waals surface area contributed by atoms with Crippen molar-refractivity contribution in [1.29, 1.82) is 0 Å². The van der Waals surface area contributed by atoms with Gasteiger partial charge in [0.2, 0.25) is 5.91 Å². The highest BCUT2D eigenvalue weighted by molar-refractivity contribution is 6.08. The summed E-state index contributed by atoms with van der Waals surface area (Å²) in [6.45, 7) is 3.83. The maximum atomic E-state index is 11.7. The van der Waals surface area contributed by atoms with Crippen LogP contribution < -0.4 is 10.6 Å². The van der Waals surface area contributed by atoms with Gasteiger partial charge in [0, 0.05) is 0 Å². The molecule has 0 aromatic rings. The van der Waals surface area contributed by atoms with Crippen LogP contribution in [-0.2, 0) is 14.4 Å². The molecular weight excluding hydrogens is 242 g/mol. The van der Waals surface area contributed by atoms with Gasteiger partial charge in [0.15, 0.2) is 0 Å². The average Bonchev–Trinajstić information content (AvgIpc) is 2.40. The smallest absolute Gasteiger partial charge is 0.325 e. The van der Waals surface area contributed by atoms with E-state index in [9.17, 15) is 19.2 Å². The van der Waals surface area contributed by atoms with Crippen LogP contribution in [-0.4, -0.2) is 51.9 Å². The Bertz CT molecular complexity index is 418. The van der Waals surface area contributed by atoms with Crippen LogP contribution in [0.2, 0.25) is 0 Å². The summed E-state index contributed by atoms with van der Waals surface area (Å²) in [7, 11) is 0. The Balaban J connectivity index is 2.63. The number of carbonyl (C=O) groups is 4. The van der Waals surface area contributed by atoms with Crippen LogP contribution in [0, 0.1) is 0 Å². The van der Waals surface area contributed by atoms with E-state index in [1.807, 2.05) is 0 Å². The third kappa shape index (κ3) is 2.76. The molecule has 0 spiro atoms. The second-order valence-electron chi connectivity index (χ2n) is 4.57. The highest BCUT2D eigenvalue weighted by Crippen LogP contribution is 2.15. The molecule has 8 heteroatoms. The molecule has 0 saturated carbocycles. The highest BCUT2D eigenvalue weighted by atomic mass is 16.4. The molecule has 0 radical (unpaired) electrons. The van der Waals surface area contributed by atoms with Crippen molar-refractivity contribution in [2.45, 2.75) is 32.4 Å². The van der Waals surface area contributed by atoms with Crippen molar-refractivity contribution in [1.82, 2.24) is 15.5 Å². The SMILES string of the molecule is C[C@H](NC(=O)CN1C(=O)NC(C)(C)C1=O)C(=O)O. The molecule has 1 fully saturated rings. The number of rotatable bonds is 4. The van der Waals surface area contributed by atoms with Crippen LogP contribution in [0.15, 0.2) is 0 Å².